The molecule has 0 saturated carbocycles. The summed E-state index contributed by atoms with van der Waals surface area (Å²) in [6, 6.07) is 14.8. The molecule has 1 heterocycles. The first-order chi connectivity index (χ1) is 6.45. The van der Waals surface area contributed by atoms with Crippen molar-refractivity contribution < 1.29 is 5.48 Å². The van der Waals surface area contributed by atoms with Gasteiger partial charge in [-0.1, -0.05) is 30.3 Å². The second-order valence-corrected chi connectivity index (χ2v) is 3.23. The van der Waals surface area contributed by atoms with Gasteiger partial charge < -0.3 is 10.5 Å². The first-order valence-electron chi connectivity index (χ1n) is 4.40. The van der Waals surface area contributed by atoms with Crippen LogP contribution in [0, 0.1) is 0 Å². The van der Waals surface area contributed by atoms with E-state index < -0.39 is 0 Å². The molecular weight excluding hydrogens is 197 g/mol. The summed E-state index contributed by atoms with van der Waals surface area (Å²) < 4.78 is 0. The van der Waals surface area contributed by atoms with E-state index in [0.717, 1.165) is 0 Å². The summed E-state index contributed by atoms with van der Waals surface area (Å²) in [5.74, 6) is 0. The Morgan fingerprint density at radius 3 is 2.47 bits per heavy atom. The molecule has 2 nitrogen and oxygen atoms in total. The molecule has 3 rings (SSSR count). The van der Waals surface area contributed by atoms with Gasteiger partial charge in [0, 0.05) is 46.7 Å². The molecule has 1 radical (unpaired) electrons. The van der Waals surface area contributed by atoms with Gasteiger partial charge in [0.25, 0.3) is 0 Å². The second kappa shape index (κ2) is 4.81. The summed E-state index contributed by atoms with van der Waals surface area (Å²) in [4.78, 5) is 3.21. The SMILES string of the molecule is O.[Na].c1ccc2c(c1)ccc1[nH]ccc12. The van der Waals surface area contributed by atoms with Crippen LogP contribution in [0.2, 0.25) is 0 Å². The molecule has 0 aliphatic heterocycles. The monoisotopic (exact) mass is 208 g/mol. The maximum Gasteiger partial charge on any atom is 0.0460 e. The van der Waals surface area contributed by atoms with E-state index >= 15 is 0 Å². The van der Waals surface area contributed by atoms with Gasteiger partial charge in [-0.05, 0) is 22.9 Å². The van der Waals surface area contributed by atoms with E-state index in [0.29, 0.717) is 0 Å². The Kier molecular flexibility index (Phi) is 3.94. The summed E-state index contributed by atoms with van der Waals surface area (Å²) >= 11 is 0. The van der Waals surface area contributed by atoms with Crippen molar-refractivity contribution in [3.8, 4) is 0 Å². The Labute approximate surface area is 110 Å². The molecular formula is C12H11NNaO. The van der Waals surface area contributed by atoms with Crippen molar-refractivity contribution in [2.75, 3.05) is 0 Å². The minimum Gasteiger partial charge on any atom is -0.412 e. The molecule has 3 heteroatoms. The van der Waals surface area contributed by atoms with E-state index in [2.05, 4.69) is 47.4 Å². The van der Waals surface area contributed by atoms with Gasteiger partial charge in [-0.3, -0.25) is 0 Å². The largest absolute Gasteiger partial charge is 0.412 e. The van der Waals surface area contributed by atoms with Crippen LogP contribution >= 0.6 is 0 Å². The molecule has 0 aliphatic carbocycles. The van der Waals surface area contributed by atoms with Crippen LogP contribution in [0.15, 0.2) is 48.7 Å². The van der Waals surface area contributed by atoms with Crippen LogP contribution in [0.1, 0.15) is 0 Å². The number of rotatable bonds is 0. The van der Waals surface area contributed by atoms with Crippen molar-refractivity contribution in [2.24, 2.45) is 0 Å². The maximum absolute atomic E-state index is 3.21. The number of benzene rings is 2. The van der Waals surface area contributed by atoms with Crippen LogP contribution < -0.4 is 0 Å². The Morgan fingerprint density at radius 1 is 0.800 bits per heavy atom. The van der Waals surface area contributed by atoms with Crippen molar-refractivity contribution in [1.82, 2.24) is 4.98 Å². The zero-order valence-corrected chi connectivity index (χ0v) is 10.6. The second-order valence-electron chi connectivity index (χ2n) is 3.23. The van der Waals surface area contributed by atoms with E-state index in [1.165, 1.54) is 21.7 Å². The molecule has 0 atom stereocenters. The molecule has 0 amide bonds. The van der Waals surface area contributed by atoms with Gasteiger partial charge in [0.2, 0.25) is 0 Å². The third kappa shape index (κ3) is 1.94. The van der Waals surface area contributed by atoms with Gasteiger partial charge in [-0.15, -0.1) is 0 Å². The average Bonchev–Trinajstić information content (AvgIpc) is 2.65. The third-order valence-corrected chi connectivity index (χ3v) is 2.46. The predicted octanol–water partition coefficient (Wildman–Crippen LogP) is 2.12. The van der Waals surface area contributed by atoms with Crippen LogP contribution in [0.25, 0.3) is 21.7 Å². The van der Waals surface area contributed by atoms with Gasteiger partial charge in [0.15, 0.2) is 0 Å². The summed E-state index contributed by atoms with van der Waals surface area (Å²) in [5, 5.41) is 3.92. The Balaban J connectivity index is 0.000000562. The van der Waals surface area contributed by atoms with Crippen molar-refractivity contribution in [3.05, 3.63) is 48.7 Å². The first-order valence-corrected chi connectivity index (χ1v) is 4.40. The summed E-state index contributed by atoms with van der Waals surface area (Å²) in [7, 11) is 0. The zero-order chi connectivity index (χ0) is 8.67. The fourth-order valence-corrected chi connectivity index (χ4v) is 1.82. The van der Waals surface area contributed by atoms with Crippen molar-refractivity contribution in [1.29, 1.82) is 0 Å². The molecule has 0 bridgehead atoms. The van der Waals surface area contributed by atoms with E-state index in [1.807, 2.05) is 6.20 Å². The first kappa shape index (κ1) is 12.3. The fraction of sp³-hybridized carbons (Fsp3) is 0. The Hall–Kier alpha value is -0.800. The van der Waals surface area contributed by atoms with E-state index in [1.54, 1.807) is 0 Å². The maximum atomic E-state index is 3.21. The number of nitrogens with one attached hydrogen (secondary N) is 1. The smallest absolute Gasteiger partial charge is 0.0460 e. The van der Waals surface area contributed by atoms with Crippen LogP contribution in [0.3, 0.4) is 0 Å². The standard InChI is InChI=1S/C12H9N.Na.H2O/c1-2-4-10-9(3-1)5-6-12-11(10)7-8-13-12;;/h1-8,13H;;1H2. The van der Waals surface area contributed by atoms with Crippen LogP contribution in [-0.4, -0.2) is 40.0 Å². The molecule has 3 N–H and O–H groups in total. The summed E-state index contributed by atoms with van der Waals surface area (Å²) in [6.07, 6.45) is 1.98. The Morgan fingerprint density at radius 2 is 1.60 bits per heavy atom. The minimum absolute atomic E-state index is 0. The van der Waals surface area contributed by atoms with Gasteiger partial charge in [-0.2, -0.15) is 0 Å². The molecule has 0 unspecified atom stereocenters. The summed E-state index contributed by atoms with van der Waals surface area (Å²) in [6.45, 7) is 0. The van der Waals surface area contributed by atoms with Gasteiger partial charge in [0.05, 0.1) is 0 Å². The molecule has 3 aromatic rings. The Bertz CT molecular complexity index is 574. The van der Waals surface area contributed by atoms with Crippen LogP contribution in [0.4, 0.5) is 0 Å². The molecule has 2 aromatic carbocycles. The van der Waals surface area contributed by atoms with Crippen LogP contribution in [-0.2, 0) is 0 Å². The van der Waals surface area contributed by atoms with Crippen LogP contribution in [0.5, 0.6) is 0 Å². The summed E-state index contributed by atoms with van der Waals surface area (Å²) in [5.41, 5.74) is 1.21. The predicted molar refractivity (Wildman–Crippen MR) is 65.2 cm³/mol. The number of H-pyrrole nitrogens is 1. The van der Waals surface area contributed by atoms with Gasteiger partial charge in [-0.25, -0.2) is 0 Å². The quantitative estimate of drug-likeness (QED) is 0.550. The molecule has 0 fully saturated rings. The van der Waals surface area contributed by atoms with E-state index in [4.69, 9.17) is 0 Å². The third-order valence-electron chi connectivity index (χ3n) is 2.46. The minimum atomic E-state index is 0. The van der Waals surface area contributed by atoms with Gasteiger partial charge >= 0.3 is 0 Å². The fourth-order valence-electron chi connectivity index (χ4n) is 1.82. The number of hydrogen-bond acceptors (Lipinski definition) is 0. The molecule has 15 heavy (non-hydrogen) atoms. The molecule has 0 spiro atoms. The average molecular weight is 208 g/mol. The molecule has 71 valence electrons. The van der Waals surface area contributed by atoms with Crippen molar-refractivity contribution >= 4 is 51.2 Å². The number of aromatic amines is 1. The van der Waals surface area contributed by atoms with E-state index in [-0.39, 0.29) is 35.0 Å². The zero-order valence-electron chi connectivity index (χ0n) is 8.62. The van der Waals surface area contributed by atoms with Gasteiger partial charge in [0.1, 0.15) is 0 Å². The van der Waals surface area contributed by atoms with Crippen molar-refractivity contribution in [2.45, 2.75) is 0 Å². The molecule has 0 aliphatic rings. The topological polar surface area (TPSA) is 47.3 Å². The molecule has 1 aromatic heterocycles. The normalized spacial score (nSPS) is 9.60. The molecule has 0 saturated heterocycles. The van der Waals surface area contributed by atoms with Crippen molar-refractivity contribution in [3.63, 3.8) is 0 Å². The van der Waals surface area contributed by atoms with E-state index in [9.17, 15) is 0 Å². The number of hydrogen-bond donors (Lipinski definition) is 1. The number of fused-ring (bicyclic) bond motifs is 3. The number of aromatic nitrogens is 1.